The predicted molar refractivity (Wildman–Crippen MR) is 124 cm³/mol. The Hall–Kier alpha value is -3.27. The van der Waals surface area contributed by atoms with Crippen molar-refractivity contribution in [3.05, 3.63) is 94.8 Å². The van der Waals surface area contributed by atoms with Gasteiger partial charge in [-0.2, -0.15) is 0 Å². The van der Waals surface area contributed by atoms with Crippen LogP contribution in [0.1, 0.15) is 22.3 Å². The molecule has 0 spiro atoms. The topological polar surface area (TPSA) is 104 Å². The summed E-state index contributed by atoms with van der Waals surface area (Å²) >= 11 is 5.82. The molecule has 3 N–H and O–H groups in total. The van der Waals surface area contributed by atoms with Gasteiger partial charge in [0, 0.05) is 35.8 Å². The van der Waals surface area contributed by atoms with E-state index in [0.717, 1.165) is 5.56 Å². The van der Waals surface area contributed by atoms with E-state index in [-0.39, 0.29) is 36.2 Å². The van der Waals surface area contributed by atoms with Crippen LogP contribution in [0.2, 0.25) is 5.02 Å². The molecule has 0 aliphatic rings. The second kappa shape index (κ2) is 11.0. The molecule has 10 heteroatoms. The van der Waals surface area contributed by atoms with E-state index in [1.165, 1.54) is 42.5 Å². The minimum Gasteiger partial charge on any atom is -0.352 e. The fraction of sp³-hybridized carbons (Fsp3) is 0.130. The minimum absolute atomic E-state index is 0.0231. The van der Waals surface area contributed by atoms with Crippen molar-refractivity contribution < 1.29 is 22.4 Å². The van der Waals surface area contributed by atoms with Gasteiger partial charge in [-0.3, -0.25) is 9.59 Å². The SMILES string of the molecule is O=C(CCNS(=O)(=O)c1cccc(Cl)c1)NCc1cccc(NC(=O)c2ccc(F)cc2)c1. The molecule has 0 radical (unpaired) electrons. The number of nitrogens with one attached hydrogen (secondary N) is 3. The van der Waals surface area contributed by atoms with Crippen LogP contribution in [-0.2, 0) is 21.4 Å². The molecule has 3 rings (SSSR count). The van der Waals surface area contributed by atoms with Crippen LogP contribution in [0.5, 0.6) is 0 Å². The Balaban J connectivity index is 1.47. The van der Waals surface area contributed by atoms with Crippen molar-refractivity contribution in [2.45, 2.75) is 17.9 Å². The standard InChI is InChI=1S/C23H21ClFN3O4S/c24-18-4-2-6-21(14-18)33(31,32)27-12-11-22(29)26-15-16-3-1-5-20(13-16)28-23(30)17-7-9-19(25)10-8-17/h1-10,13-14,27H,11-12,15H2,(H,26,29)(H,28,30). The monoisotopic (exact) mass is 489 g/mol. The fourth-order valence-corrected chi connectivity index (χ4v) is 4.20. The molecule has 7 nitrogen and oxygen atoms in total. The van der Waals surface area contributed by atoms with Gasteiger partial charge in [0.1, 0.15) is 5.82 Å². The lowest BCUT2D eigenvalue weighted by molar-refractivity contribution is -0.121. The number of halogens is 2. The molecule has 172 valence electrons. The van der Waals surface area contributed by atoms with Gasteiger partial charge in [-0.05, 0) is 60.2 Å². The molecular formula is C23H21ClFN3O4S. The van der Waals surface area contributed by atoms with Gasteiger partial charge in [0.25, 0.3) is 5.91 Å². The summed E-state index contributed by atoms with van der Waals surface area (Å²) < 4.78 is 39.8. The lowest BCUT2D eigenvalue weighted by Gasteiger charge is -2.10. The summed E-state index contributed by atoms with van der Waals surface area (Å²) in [6, 6.07) is 17.9. The van der Waals surface area contributed by atoms with Crippen LogP contribution in [0.4, 0.5) is 10.1 Å². The summed E-state index contributed by atoms with van der Waals surface area (Å²) in [6.07, 6.45) is -0.0548. The first-order valence-corrected chi connectivity index (χ1v) is 11.8. The van der Waals surface area contributed by atoms with E-state index in [0.29, 0.717) is 16.3 Å². The molecule has 0 bridgehead atoms. The number of sulfonamides is 1. The van der Waals surface area contributed by atoms with Gasteiger partial charge in [-0.1, -0.05) is 29.8 Å². The van der Waals surface area contributed by atoms with Crippen molar-refractivity contribution in [2.75, 3.05) is 11.9 Å². The minimum atomic E-state index is -3.76. The first-order chi connectivity index (χ1) is 15.7. The normalized spacial score (nSPS) is 11.1. The first-order valence-electron chi connectivity index (χ1n) is 9.91. The first kappa shape index (κ1) is 24.4. The number of benzene rings is 3. The van der Waals surface area contributed by atoms with Gasteiger partial charge in [-0.15, -0.1) is 0 Å². The average Bonchev–Trinajstić information content (AvgIpc) is 2.78. The Kier molecular flexibility index (Phi) is 8.16. The van der Waals surface area contributed by atoms with Gasteiger partial charge in [0.2, 0.25) is 15.9 Å². The zero-order valence-electron chi connectivity index (χ0n) is 17.3. The molecule has 0 fully saturated rings. The molecule has 0 aliphatic carbocycles. The predicted octanol–water partition coefficient (Wildman–Crippen LogP) is 3.72. The third-order valence-corrected chi connectivity index (χ3v) is 6.23. The van der Waals surface area contributed by atoms with Crippen LogP contribution in [0.3, 0.4) is 0 Å². The van der Waals surface area contributed by atoms with Crippen LogP contribution in [-0.4, -0.2) is 26.8 Å². The lowest BCUT2D eigenvalue weighted by atomic mass is 10.1. The maximum atomic E-state index is 13.0. The number of carbonyl (C=O) groups is 2. The van der Waals surface area contributed by atoms with E-state index in [2.05, 4.69) is 15.4 Å². The van der Waals surface area contributed by atoms with Crippen molar-refractivity contribution in [3.63, 3.8) is 0 Å². The second-order valence-electron chi connectivity index (χ2n) is 7.04. The highest BCUT2D eigenvalue weighted by atomic mass is 35.5. The van der Waals surface area contributed by atoms with Gasteiger partial charge >= 0.3 is 0 Å². The molecule has 0 saturated heterocycles. The zero-order chi connectivity index (χ0) is 23.8. The Bertz CT molecular complexity index is 1250. The Labute approximate surface area is 196 Å². The van der Waals surface area contributed by atoms with E-state index in [9.17, 15) is 22.4 Å². The maximum absolute atomic E-state index is 13.0. The molecule has 0 heterocycles. The quantitative estimate of drug-likeness (QED) is 0.426. The van der Waals surface area contributed by atoms with Gasteiger partial charge in [0.15, 0.2) is 0 Å². The van der Waals surface area contributed by atoms with E-state index >= 15 is 0 Å². The van der Waals surface area contributed by atoms with E-state index in [1.807, 2.05) is 0 Å². The Morgan fingerprint density at radius 1 is 0.939 bits per heavy atom. The van der Waals surface area contributed by atoms with Crippen LogP contribution in [0, 0.1) is 5.82 Å². The lowest BCUT2D eigenvalue weighted by Crippen LogP contribution is -2.30. The number of rotatable bonds is 9. The van der Waals surface area contributed by atoms with E-state index < -0.39 is 15.8 Å². The molecule has 0 saturated carbocycles. The molecule has 0 aliphatic heterocycles. The number of hydrogen-bond acceptors (Lipinski definition) is 4. The van der Waals surface area contributed by atoms with Crippen LogP contribution in [0.15, 0.2) is 77.7 Å². The van der Waals surface area contributed by atoms with E-state index in [4.69, 9.17) is 11.6 Å². The highest BCUT2D eigenvalue weighted by Crippen LogP contribution is 2.15. The van der Waals surface area contributed by atoms with Gasteiger partial charge in [0.05, 0.1) is 4.90 Å². The van der Waals surface area contributed by atoms with Crippen molar-refractivity contribution >= 4 is 39.1 Å². The van der Waals surface area contributed by atoms with Gasteiger partial charge < -0.3 is 10.6 Å². The second-order valence-corrected chi connectivity index (χ2v) is 9.25. The van der Waals surface area contributed by atoms with Crippen LogP contribution in [0.25, 0.3) is 0 Å². The maximum Gasteiger partial charge on any atom is 0.255 e. The third kappa shape index (κ3) is 7.38. The number of anilines is 1. The van der Waals surface area contributed by atoms with Crippen molar-refractivity contribution in [1.29, 1.82) is 0 Å². The number of carbonyl (C=O) groups excluding carboxylic acids is 2. The highest BCUT2D eigenvalue weighted by molar-refractivity contribution is 7.89. The zero-order valence-corrected chi connectivity index (χ0v) is 18.9. The summed E-state index contributed by atoms with van der Waals surface area (Å²) in [5, 5.41) is 5.72. The largest absolute Gasteiger partial charge is 0.352 e. The molecule has 0 atom stereocenters. The molecule has 3 aromatic carbocycles. The Morgan fingerprint density at radius 3 is 2.39 bits per heavy atom. The Morgan fingerprint density at radius 2 is 1.67 bits per heavy atom. The molecular weight excluding hydrogens is 469 g/mol. The smallest absolute Gasteiger partial charge is 0.255 e. The van der Waals surface area contributed by atoms with Crippen molar-refractivity contribution in [2.24, 2.45) is 0 Å². The molecule has 0 aromatic heterocycles. The van der Waals surface area contributed by atoms with Gasteiger partial charge in [-0.25, -0.2) is 17.5 Å². The van der Waals surface area contributed by atoms with Crippen molar-refractivity contribution in [1.82, 2.24) is 10.0 Å². The molecule has 33 heavy (non-hydrogen) atoms. The average molecular weight is 490 g/mol. The number of hydrogen-bond donors (Lipinski definition) is 3. The third-order valence-electron chi connectivity index (χ3n) is 4.53. The highest BCUT2D eigenvalue weighted by Gasteiger charge is 2.14. The summed E-state index contributed by atoms with van der Waals surface area (Å²) in [7, 11) is -3.76. The molecule has 0 unspecified atom stereocenters. The van der Waals surface area contributed by atoms with Crippen molar-refractivity contribution in [3.8, 4) is 0 Å². The van der Waals surface area contributed by atoms with Crippen LogP contribution >= 0.6 is 11.6 Å². The van der Waals surface area contributed by atoms with E-state index in [1.54, 1.807) is 30.3 Å². The summed E-state index contributed by atoms with van der Waals surface area (Å²) in [5.41, 5.74) is 1.57. The summed E-state index contributed by atoms with van der Waals surface area (Å²) in [6.45, 7) is 0.120. The number of amides is 2. The fourth-order valence-electron chi connectivity index (χ4n) is 2.87. The summed E-state index contributed by atoms with van der Waals surface area (Å²) in [5.74, 6) is -1.16. The van der Waals surface area contributed by atoms with Crippen LogP contribution < -0.4 is 15.4 Å². The molecule has 2 amide bonds. The summed E-state index contributed by atoms with van der Waals surface area (Å²) in [4.78, 5) is 24.4. The molecule has 3 aromatic rings.